The Morgan fingerprint density at radius 2 is 1.62 bits per heavy atom. The van der Waals surface area contributed by atoms with Crippen molar-refractivity contribution in [3.63, 3.8) is 0 Å². The van der Waals surface area contributed by atoms with Crippen LogP contribution in [0.3, 0.4) is 0 Å². The second kappa shape index (κ2) is 6.95. The lowest BCUT2D eigenvalue weighted by molar-refractivity contribution is -0.164. The van der Waals surface area contributed by atoms with Crippen LogP contribution in [0.1, 0.15) is 19.3 Å². The molecule has 3 heterocycles. The lowest BCUT2D eigenvalue weighted by Gasteiger charge is -2.40. The summed E-state index contributed by atoms with van der Waals surface area (Å²) in [5.41, 5.74) is 4.05. The molecule has 1 aromatic carbocycles. The van der Waals surface area contributed by atoms with Crippen LogP contribution in [0.2, 0.25) is 0 Å². The molecule has 8 heteroatoms. The van der Waals surface area contributed by atoms with Gasteiger partial charge in [-0.2, -0.15) is 5.43 Å². The van der Waals surface area contributed by atoms with E-state index in [4.69, 9.17) is 0 Å². The fourth-order valence-electron chi connectivity index (χ4n) is 3.80. The van der Waals surface area contributed by atoms with Crippen LogP contribution in [0, 0.1) is 0 Å². The van der Waals surface area contributed by atoms with E-state index in [2.05, 4.69) is 5.43 Å². The van der Waals surface area contributed by atoms with Crippen LogP contribution < -0.4 is 10.3 Å². The molecular weight excluding hydrogens is 334 g/mol. The van der Waals surface area contributed by atoms with Crippen LogP contribution in [-0.2, 0) is 14.4 Å². The van der Waals surface area contributed by atoms with Crippen molar-refractivity contribution in [1.29, 1.82) is 0 Å². The van der Waals surface area contributed by atoms with Crippen LogP contribution in [0.15, 0.2) is 30.3 Å². The minimum absolute atomic E-state index is 0.114. The lowest BCUT2D eigenvalue weighted by Crippen LogP contribution is -2.68. The van der Waals surface area contributed by atoms with Gasteiger partial charge in [0.25, 0.3) is 0 Å². The van der Waals surface area contributed by atoms with E-state index in [0.29, 0.717) is 13.1 Å². The first kappa shape index (κ1) is 16.8. The highest BCUT2D eigenvalue weighted by Gasteiger charge is 2.45. The van der Waals surface area contributed by atoms with Crippen molar-refractivity contribution in [3.05, 3.63) is 30.3 Å². The quantitative estimate of drug-likeness (QED) is 0.770. The second-order valence-corrected chi connectivity index (χ2v) is 6.86. The van der Waals surface area contributed by atoms with E-state index in [9.17, 15) is 14.4 Å². The first-order valence-electron chi connectivity index (χ1n) is 9.13. The number of benzene rings is 1. The van der Waals surface area contributed by atoms with Crippen LogP contribution in [0.4, 0.5) is 5.69 Å². The number of hydrogen-bond acceptors (Lipinski definition) is 5. The van der Waals surface area contributed by atoms with E-state index in [1.54, 1.807) is 4.90 Å². The Bertz CT molecular complexity index is 704. The number of amides is 3. The molecule has 0 bridgehead atoms. The molecule has 1 unspecified atom stereocenters. The third-order valence-electron chi connectivity index (χ3n) is 5.22. The molecule has 0 spiro atoms. The summed E-state index contributed by atoms with van der Waals surface area (Å²) in [7, 11) is 0. The summed E-state index contributed by atoms with van der Waals surface area (Å²) >= 11 is 0. The smallest absolute Gasteiger partial charge is 0.326 e. The van der Waals surface area contributed by atoms with Crippen LogP contribution in [-0.4, -0.2) is 71.5 Å². The molecule has 0 saturated carbocycles. The van der Waals surface area contributed by atoms with Gasteiger partial charge in [-0.15, -0.1) is 0 Å². The van der Waals surface area contributed by atoms with Crippen molar-refractivity contribution in [2.75, 3.05) is 37.6 Å². The molecule has 1 N–H and O–H groups in total. The van der Waals surface area contributed by atoms with Gasteiger partial charge in [0.2, 0.25) is 5.91 Å². The van der Waals surface area contributed by atoms with E-state index in [1.807, 2.05) is 35.2 Å². The van der Waals surface area contributed by atoms with E-state index < -0.39 is 18.1 Å². The highest BCUT2D eigenvalue weighted by atomic mass is 16.2. The molecule has 3 aliphatic rings. The molecule has 138 valence electrons. The summed E-state index contributed by atoms with van der Waals surface area (Å²) in [6, 6.07) is 9.74. The van der Waals surface area contributed by atoms with Gasteiger partial charge in [-0.05, 0) is 31.4 Å². The number of carbonyl (C=O) groups is 3. The van der Waals surface area contributed by atoms with Gasteiger partial charge in [0.1, 0.15) is 6.54 Å². The van der Waals surface area contributed by atoms with Crippen molar-refractivity contribution in [2.24, 2.45) is 0 Å². The van der Waals surface area contributed by atoms with Gasteiger partial charge in [0, 0.05) is 31.9 Å². The van der Waals surface area contributed by atoms with Gasteiger partial charge in [0.05, 0.1) is 0 Å². The summed E-state index contributed by atoms with van der Waals surface area (Å²) in [4.78, 5) is 42.8. The Morgan fingerprint density at radius 3 is 2.35 bits per heavy atom. The average Bonchev–Trinajstić information content (AvgIpc) is 3.11. The number of anilines is 1. The normalized spacial score (nSPS) is 23.5. The Kier molecular flexibility index (Phi) is 4.50. The van der Waals surface area contributed by atoms with Gasteiger partial charge < -0.3 is 9.80 Å². The number of nitrogens with one attached hydrogen (secondary N) is 1. The molecule has 3 fully saturated rings. The van der Waals surface area contributed by atoms with E-state index in [0.717, 1.165) is 38.0 Å². The number of nitrogens with zero attached hydrogens (tertiary/aromatic N) is 4. The molecule has 0 radical (unpaired) electrons. The van der Waals surface area contributed by atoms with Crippen LogP contribution in [0.25, 0.3) is 0 Å². The van der Waals surface area contributed by atoms with Gasteiger partial charge in [-0.1, -0.05) is 18.2 Å². The molecule has 0 aliphatic carbocycles. The van der Waals surface area contributed by atoms with E-state index in [-0.39, 0.29) is 12.5 Å². The van der Waals surface area contributed by atoms with Gasteiger partial charge >= 0.3 is 11.8 Å². The summed E-state index contributed by atoms with van der Waals surface area (Å²) < 4.78 is 0. The first-order chi connectivity index (χ1) is 12.6. The number of carbonyl (C=O) groups excluding carboxylic acids is 3. The number of hydrogen-bond donors (Lipinski definition) is 1. The zero-order chi connectivity index (χ0) is 18.1. The number of para-hydroxylation sites is 1. The SMILES string of the molecule is O=C(CN1NC2N(CCN2c2ccccc2)C(=O)C1=O)N1CCCCC1. The van der Waals surface area contributed by atoms with Gasteiger partial charge in [0.15, 0.2) is 6.29 Å². The summed E-state index contributed by atoms with van der Waals surface area (Å²) in [5.74, 6) is -1.34. The molecule has 3 aliphatic heterocycles. The van der Waals surface area contributed by atoms with Crippen molar-refractivity contribution in [2.45, 2.75) is 25.6 Å². The van der Waals surface area contributed by atoms with Gasteiger partial charge in [-0.25, -0.2) is 0 Å². The van der Waals surface area contributed by atoms with Gasteiger partial charge in [-0.3, -0.25) is 24.3 Å². The number of fused-ring (bicyclic) bond motifs is 1. The Balaban J connectivity index is 1.49. The third kappa shape index (κ3) is 3.01. The predicted octanol–water partition coefficient (Wildman–Crippen LogP) is -0.0219. The third-order valence-corrected chi connectivity index (χ3v) is 5.22. The Hall–Kier alpha value is -2.61. The summed E-state index contributed by atoms with van der Waals surface area (Å²) in [6.45, 7) is 2.44. The van der Waals surface area contributed by atoms with E-state index in [1.165, 1.54) is 9.91 Å². The molecule has 26 heavy (non-hydrogen) atoms. The minimum Gasteiger partial charge on any atom is -0.341 e. The predicted molar refractivity (Wildman–Crippen MR) is 94.6 cm³/mol. The maximum absolute atomic E-state index is 12.5. The zero-order valence-electron chi connectivity index (χ0n) is 14.6. The number of hydrazine groups is 1. The Morgan fingerprint density at radius 1 is 0.923 bits per heavy atom. The van der Waals surface area contributed by atoms with Crippen LogP contribution >= 0.6 is 0 Å². The molecule has 3 amide bonds. The zero-order valence-corrected chi connectivity index (χ0v) is 14.6. The fourth-order valence-corrected chi connectivity index (χ4v) is 3.80. The average molecular weight is 357 g/mol. The fraction of sp³-hybridized carbons (Fsp3) is 0.500. The lowest BCUT2D eigenvalue weighted by atomic mass is 10.1. The van der Waals surface area contributed by atoms with Crippen molar-refractivity contribution < 1.29 is 14.4 Å². The minimum atomic E-state index is -0.665. The Labute approximate surface area is 152 Å². The molecule has 0 aromatic heterocycles. The molecular formula is C18H23N5O3. The molecule has 4 rings (SSSR count). The molecule has 3 saturated heterocycles. The number of rotatable bonds is 3. The maximum Gasteiger partial charge on any atom is 0.326 e. The maximum atomic E-state index is 12.5. The summed E-state index contributed by atoms with van der Waals surface area (Å²) in [5, 5.41) is 1.18. The highest BCUT2D eigenvalue weighted by molar-refractivity contribution is 6.35. The standard InChI is InChI=1S/C18H23N5O3/c24-15(20-9-5-2-6-10-20)13-23-17(26)16(25)22-12-11-21(18(22)19-23)14-7-3-1-4-8-14/h1,3-4,7-8,18-19H,2,5-6,9-13H2. The topological polar surface area (TPSA) is 76.2 Å². The van der Waals surface area contributed by atoms with E-state index >= 15 is 0 Å². The molecule has 8 nitrogen and oxygen atoms in total. The first-order valence-corrected chi connectivity index (χ1v) is 9.13. The van der Waals surface area contributed by atoms with Crippen LogP contribution in [0.5, 0.6) is 0 Å². The monoisotopic (exact) mass is 357 g/mol. The number of piperidine rings is 1. The highest BCUT2D eigenvalue weighted by Crippen LogP contribution is 2.24. The molecule has 1 aromatic rings. The number of likely N-dealkylation sites (tertiary alicyclic amines) is 1. The summed E-state index contributed by atoms with van der Waals surface area (Å²) in [6.07, 6.45) is 2.66. The largest absolute Gasteiger partial charge is 0.341 e. The van der Waals surface area contributed by atoms with Crippen molar-refractivity contribution in [3.8, 4) is 0 Å². The molecule has 1 atom stereocenters. The van der Waals surface area contributed by atoms with Crippen molar-refractivity contribution in [1.82, 2.24) is 20.2 Å². The van der Waals surface area contributed by atoms with Crippen molar-refractivity contribution >= 4 is 23.4 Å². The second-order valence-electron chi connectivity index (χ2n) is 6.86.